The van der Waals surface area contributed by atoms with Crippen LogP contribution in [0.25, 0.3) is 11.1 Å². The number of anilines is 1. The molecule has 2 aromatic carbocycles. The molecule has 12 heteroatoms. The van der Waals surface area contributed by atoms with Crippen LogP contribution in [0.3, 0.4) is 0 Å². The van der Waals surface area contributed by atoms with Gasteiger partial charge in [0.15, 0.2) is 5.58 Å². The third-order valence-corrected chi connectivity index (χ3v) is 8.23. The van der Waals surface area contributed by atoms with Gasteiger partial charge in [-0.1, -0.05) is 44.2 Å². The Morgan fingerprint density at radius 2 is 1.97 bits per heavy atom. The lowest BCUT2D eigenvalue weighted by Crippen LogP contribution is -2.51. The smallest absolute Gasteiger partial charge is 0.407 e. The molecule has 0 aliphatic carbocycles. The quantitative estimate of drug-likeness (QED) is 0.305. The van der Waals surface area contributed by atoms with Gasteiger partial charge in [0, 0.05) is 32.6 Å². The first kappa shape index (κ1) is 28.8. The highest BCUT2D eigenvalue weighted by atomic mass is 32.2. The zero-order chi connectivity index (χ0) is 28.0. The molecule has 4 rings (SSSR count). The van der Waals surface area contributed by atoms with Crippen molar-refractivity contribution in [1.82, 2.24) is 14.6 Å². The van der Waals surface area contributed by atoms with Crippen molar-refractivity contribution >= 4 is 33.2 Å². The molecule has 39 heavy (non-hydrogen) atoms. The lowest BCUT2D eigenvalue weighted by molar-refractivity contribution is 0.0644. The number of amides is 1. The number of nitrogens with one attached hydrogen (secondary N) is 2. The fraction of sp³-hybridized carbons (Fsp3) is 0.481. The van der Waals surface area contributed by atoms with Crippen LogP contribution in [0.2, 0.25) is 0 Å². The van der Waals surface area contributed by atoms with Gasteiger partial charge in [-0.2, -0.15) is 9.29 Å². The maximum Gasteiger partial charge on any atom is 0.407 e. The second-order valence-electron chi connectivity index (χ2n) is 10.0. The molecule has 3 N–H and O–H groups in total. The van der Waals surface area contributed by atoms with E-state index in [1.54, 1.807) is 13.1 Å². The van der Waals surface area contributed by atoms with Gasteiger partial charge < -0.3 is 29.6 Å². The van der Waals surface area contributed by atoms with Crippen LogP contribution >= 0.6 is 0 Å². The number of ether oxygens (including phenoxy) is 2. The summed E-state index contributed by atoms with van der Waals surface area (Å²) < 4.78 is 45.1. The maximum absolute atomic E-state index is 13.8. The van der Waals surface area contributed by atoms with Crippen molar-refractivity contribution in [2.45, 2.75) is 49.8 Å². The summed E-state index contributed by atoms with van der Waals surface area (Å²) in [5.41, 5.74) is 1.72. The lowest BCUT2D eigenvalue weighted by Gasteiger charge is -2.30. The average Bonchev–Trinajstić information content (AvgIpc) is 3.57. The summed E-state index contributed by atoms with van der Waals surface area (Å²) in [4.78, 5) is 16.9. The number of hydrogen-bond donors (Lipinski definition) is 3. The Morgan fingerprint density at radius 3 is 2.64 bits per heavy atom. The predicted octanol–water partition coefficient (Wildman–Crippen LogP) is 3.00. The van der Waals surface area contributed by atoms with E-state index in [0.717, 1.165) is 5.56 Å². The van der Waals surface area contributed by atoms with Crippen LogP contribution in [0.5, 0.6) is 0 Å². The summed E-state index contributed by atoms with van der Waals surface area (Å²) in [5.74, 6) is -0.0234. The Bertz CT molecular complexity index is 1340. The first-order chi connectivity index (χ1) is 18.7. The van der Waals surface area contributed by atoms with Gasteiger partial charge in [-0.3, -0.25) is 0 Å². The Hall–Kier alpha value is -3.19. The van der Waals surface area contributed by atoms with Crippen LogP contribution in [0.1, 0.15) is 25.8 Å². The van der Waals surface area contributed by atoms with Crippen molar-refractivity contribution in [2.75, 3.05) is 38.7 Å². The molecular weight excluding hydrogens is 524 g/mol. The first-order valence-electron chi connectivity index (χ1n) is 13.0. The van der Waals surface area contributed by atoms with Gasteiger partial charge >= 0.3 is 6.09 Å². The number of carbonyl (C=O) groups excluding carboxylic acids is 1. The van der Waals surface area contributed by atoms with E-state index in [1.165, 1.54) is 16.4 Å². The van der Waals surface area contributed by atoms with E-state index in [1.807, 2.05) is 44.2 Å². The van der Waals surface area contributed by atoms with Crippen molar-refractivity contribution < 1.29 is 32.2 Å². The zero-order valence-electron chi connectivity index (χ0n) is 22.4. The van der Waals surface area contributed by atoms with Crippen LogP contribution in [-0.2, 0) is 25.9 Å². The number of sulfonamides is 1. The monoisotopic (exact) mass is 560 g/mol. The van der Waals surface area contributed by atoms with Gasteiger partial charge in [0.2, 0.25) is 10.0 Å². The van der Waals surface area contributed by atoms with Crippen LogP contribution in [0, 0.1) is 5.92 Å². The summed E-state index contributed by atoms with van der Waals surface area (Å²) in [7, 11) is -2.37. The molecule has 1 aromatic heterocycles. The number of aliphatic hydroxyl groups excluding tert-OH is 1. The zero-order valence-corrected chi connectivity index (χ0v) is 23.2. The third kappa shape index (κ3) is 7.47. The molecule has 2 heterocycles. The summed E-state index contributed by atoms with van der Waals surface area (Å²) >= 11 is 0. The van der Waals surface area contributed by atoms with E-state index < -0.39 is 28.3 Å². The van der Waals surface area contributed by atoms with Crippen molar-refractivity contribution in [3.63, 3.8) is 0 Å². The molecule has 0 radical (unpaired) electrons. The minimum Gasteiger partial charge on any atom is -0.444 e. The van der Waals surface area contributed by atoms with E-state index >= 15 is 0 Å². The molecule has 3 aromatic rings. The van der Waals surface area contributed by atoms with E-state index in [9.17, 15) is 18.3 Å². The summed E-state index contributed by atoms with van der Waals surface area (Å²) in [6, 6.07) is 13.3. The third-order valence-electron chi connectivity index (χ3n) is 6.40. The second-order valence-corrected chi connectivity index (χ2v) is 12.0. The number of alkyl carbamates (subject to hydrolysis) is 1. The first-order valence-corrected chi connectivity index (χ1v) is 14.4. The van der Waals surface area contributed by atoms with Gasteiger partial charge in [-0.15, -0.1) is 0 Å². The van der Waals surface area contributed by atoms with E-state index in [-0.39, 0.29) is 42.4 Å². The fourth-order valence-electron chi connectivity index (χ4n) is 4.43. The highest BCUT2D eigenvalue weighted by molar-refractivity contribution is 7.89. The topological polar surface area (TPSA) is 143 Å². The molecule has 0 spiro atoms. The maximum atomic E-state index is 13.8. The molecule has 0 saturated carbocycles. The normalized spacial score (nSPS) is 17.4. The Labute approximate surface area is 228 Å². The Kier molecular flexibility index (Phi) is 9.44. The molecule has 11 nitrogen and oxygen atoms in total. The molecule has 3 atom stereocenters. The van der Waals surface area contributed by atoms with Gasteiger partial charge in [0.25, 0.3) is 6.01 Å². The van der Waals surface area contributed by atoms with Crippen molar-refractivity contribution in [3.05, 3.63) is 54.1 Å². The standard InChI is InChI=1S/C27H36N4O7S/c1-18(2)15-31(39(34,35)21-9-10-22-25(14-21)38-26(28-3)29-22)16-24(32)23(13-19-7-5-4-6-8-19)30-27(33)37-20-11-12-36-17-20/h4-10,14,18,20,23-24,32H,11-13,15-17H2,1-3H3,(H,28,29)(H,30,33). The van der Waals surface area contributed by atoms with E-state index in [4.69, 9.17) is 13.9 Å². The fourth-order valence-corrected chi connectivity index (χ4v) is 6.07. The highest BCUT2D eigenvalue weighted by Crippen LogP contribution is 2.25. The van der Waals surface area contributed by atoms with Gasteiger partial charge in [-0.25, -0.2) is 13.2 Å². The van der Waals surface area contributed by atoms with E-state index in [0.29, 0.717) is 30.7 Å². The number of nitrogens with zero attached hydrogens (tertiary/aromatic N) is 2. The minimum atomic E-state index is -4.03. The average molecular weight is 561 g/mol. The molecule has 0 bridgehead atoms. The van der Waals surface area contributed by atoms with Crippen LogP contribution < -0.4 is 10.6 Å². The molecule has 212 valence electrons. The number of aliphatic hydroxyl groups is 1. The Balaban J connectivity index is 1.56. The number of aromatic nitrogens is 1. The second kappa shape index (κ2) is 12.8. The number of fused-ring (bicyclic) bond motifs is 1. The molecule has 1 saturated heterocycles. The Morgan fingerprint density at radius 1 is 1.21 bits per heavy atom. The largest absolute Gasteiger partial charge is 0.444 e. The minimum absolute atomic E-state index is 0.0230. The molecular formula is C27H36N4O7S. The summed E-state index contributed by atoms with van der Waals surface area (Å²) in [5, 5.41) is 16.9. The molecule has 1 amide bonds. The van der Waals surface area contributed by atoms with Crippen molar-refractivity contribution in [2.24, 2.45) is 5.92 Å². The highest BCUT2D eigenvalue weighted by Gasteiger charge is 2.32. The van der Waals surface area contributed by atoms with E-state index in [2.05, 4.69) is 15.6 Å². The predicted molar refractivity (Wildman–Crippen MR) is 146 cm³/mol. The van der Waals surface area contributed by atoms with Crippen molar-refractivity contribution in [3.8, 4) is 0 Å². The van der Waals surface area contributed by atoms with Crippen LogP contribution in [0.15, 0.2) is 57.8 Å². The molecule has 1 aliphatic rings. The molecule has 3 unspecified atom stereocenters. The van der Waals surface area contributed by atoms with Gasteiger partial charge in [0.1, 0.15) is 11.6 Å². The van der Waals surface area contributed by atoms with Crippen LogP contribution in [0.4, 0.5) is 10.8 Å². The summed E-state index contributed by atoms with van der Waals surface area (Å²) in [6.45, 7) is 4.57. The van der Waals surface area contributed by atoms with Gasteiger partial charge in [-0.05, 0) is 30.0 Å². The SMILES string of the molecule is CNc1nc2ccc(S(=O)(=O)N(CC(C)C)CC(O)C(Cc3ccccc3)NC(=O)OC3CCOC3)cc2o1. The van der Waals surface area contributed by atoms with Crippen LogP contribution in [-0.4, -0.2) is 80.5 Å². The lowest BCUT2D eigenvalue weighted by atomic mass is 10.0. The molecule has 1 aliphatic heterocycles. The number of carbonyl (C=O) groups is 1. The number of oxazole rings is 1. The van der Waals surface area contributed by atoms with Crippen molar-refractivity contribution in [1.29, 1.82) is 0 Å². The number of hydrogen-bond acceptors (Lipinski definition) is 9. The molecule has 1 fully saturated rings. The van der Waals surface area contributed by atoms with Gasteiger partial charge in [0.05, 0.1) is 30.3 Å². The number of rotatable bonds is 12. The number of benzene rings is 2. The summed E-state index contributed by atoms with van der Waals surface area (Å²) in [6.07, 6.45) is -1.38.